The highest BCUT2D eigenvalue weighted by molar-refractivity contribution is 6.10. The van der Waals surface area contributed by atoms with Crippen molar-refractivity contribution in [2.24, 2.45) is 46.7 Å². The summed E-state index contributed by atoms with van der Waals surface area (Å²) in [5, 5.41) is 20.9. The van der Waals surface area contributed by atoms with Crippen molar-refractivity contribution in [2.45, 2.75) is 6.42 Å². The summed E-state index contributed by atoms with van der Waals surface area (Å²) in [5.74, 6) is -3.08. The Morgan fingerprint density at radius 3 is 1.11 bits per heavy atom. The third-order valence-electron chi connectivity index (χ3n) is 8.18. The minimum absolute atomic E-state index is 0.0431. The Labute approximate surface area is 302 Å². The minimum Gasteiger partial charge on any atom is -0.388 e. The van der Waals surface area contributed by atoms with Crippen LogP contribution in [0.1, 0.15) is 69.2 Å². The maximum absolute atomic E-state index is 13.3. The number of anilines is 4. The number of aryl methyl sites for hydroxylation is 5. The van der Waals surface area contributed by atoms with Crippen molar-refractivity contribution in [3.63, 3.8) is 0 Å². The van der Waals surface area contributed by atoms with Gasteiger partial charge in [-0.2, -0.15) is 0 Å². The average molecular weight is 726 g/mol. The van der Waals surface area contributed by atoms with Crippen molar-refractivity contribution in [1.82, 2.24) is 28.2 Å². The number of rotatable bonds is 13. The fourth-order valence-electron chi connectivity index (χ4n) is 5.54. The van der Waals surface area contributed by atoms with Gasteiger partial charge in [0.05, 0.1) is 34.1 Å². The van der Waals surface area contributed by atoms with Gasteiger partial charge >= 0.3 is 0 Å². The summed E-state index contributed by atoms with van der Waals surface area (Å²) in [7, 11) is 8.16. The molecule has 0 bridgehead atoms. The second-order valence-electron chi connectivity index (χ2n) is 12.3. The van der Waals surface area contributed by atoms with Crippen LogP contribution in [0, 0.1) is 5.41 Å². The molecule has 5 aromatic rings. The number of amides is 6. The van der Waals surface area contributed by atoms with Crippen molar-refractivity contribution < 1.29 is 28.8 Å². The quantitative estimate of drug-likeness (QED) is 0.0655. The molecule has 19 nitrogen and oxygen atoms in total. The van der Waals surface area contributed by atoms with E-state index in [0.29, 0.717) is 28.4 Å². The van der Waals surface area contributed by atoms with E-state index in [2.05, 4.69) is 26.6 Å². The third-order valence-corrected chi connectivity index (χ3v) is 8.18. The normalized spacial score (nSPS) is 10.8. The highest BCUT2D eigenvalue weighted by atomic mass is 16.2. The SMILES string of the molecule is Cn1cc(NC(=O)c2cc(NC(=O)c3cc(NC(=O)c4cc(NC(=O)c5cc(C(N)=O)cn5C)cn4C)cn3C)cn2C)cc1C(=O)NCCC(=N)N. The molecule has 0 radical (unpaired) electrons. The van der Waals surface area contributed by atoms with Gasteiger partial charge in [0.1, 0.15) is 28.5 Å². The average Bonchev–Trinajstić information content (AvgIpc) is 3.89. The first-order valence-electron chi connectivity index (χ1n) is 16.0. The number of nitrogens with two attached hydrogens (primary N) is 2. The number of hydrogen-bond acceptors (Lipinski definition) is 7. The maximum Gasteiger partial charge on any atom is 0.272 e. The third kappa shape index (κ3) is 8.36. The van der Waals surface area contributed by atoms with Crippen LogP contribution in [0.15, 0.2) is 61.3 Å². The predicted octanol–water partition coefficient (Wildman–Crippen LogP) is 1.54. The molecule has 0 spiro atoms. The van der Waals surface area contributed by atoms with Crippen LogP contribution in [0.2, 0.25) is 0 Å². The maximum atomic E-state index is 13.3. The zero-order chi connectivity index (χ0) is 38.7. The zero-order valence-corrected chi connectivity index (χ0v) is 29.5. The highest BCUT2D eigenvalue weighted by Gasteiger charge is 2.21. The number of hydrogen-bond donors (Lipinski definition) is 8. The van der Waals surface area contributed by atoms with Crippen LogP contribution in [-0.2, 0) is 35.2 Å². The van der Waals surface area contributed by atoms with Crippen LogP contribution in [-0.4, -0.2) is 70.7 Å². The Kier molecular flexibility index (Phi) is 10.4. The Morgan fingerprint density at radius 1 is 0.509 bits per heavy atom. The molecule has 53 heavy (non-hydrogen) atoms. The molecular formula is C34H39N13O6. The fourth-order valence-corrected chi connectivity index (χ4v) is 5.54. The summed E-state index contributed by atoms with van der Waals surface area (Å²) in [4.78, 5) is 76.4. The fraction of sp³-hybridized carbons (Fsp3) is 0.206. The molecule has 5 rings (SSSR count). The molecule has 10 N–H and O–H groups in total. The summed E-state index contributed by atoms with van der Waals surface area (Å²) in [5.41, 5.74) is 13.4. The Morgan fingerprint density at radius 2 is 0.811 bits per heavy atom. The Hall–Kier alpha value is -7.31. The summed E-state index contributed by atoms with van der Waals surface area (Å²) in [6, 6.07) is 7.36. The molecule has 0 aliphatic heterocycles. The first-order valence-corrected chi connectivity index (χ1v) is 16.0. The van der Waals surface area contributed by atoms with Gasteiger partial charge < -0.3 is 60.9 Å². The van der Waals surface area contributed by atoms with E-state index < -0.39 is 29.5 Å². The summed E-state index contributed by atoms with van der Waals surface area (Å²) in [6.45, 7) is 0.202. The van der Waals surface area contributed by atoms with E-state index in [9.17, 15) is 28.8 Å². The van der Waals surface area contributed by atoms with Crippen LogP contribution in [0.25, 0.3) is 0 Å². The van der Waals surface area contributed by atoms with Crippen molar-refractivity contribution in [1.29, 1.82) is 5.41 Å². The van der Waals surface area contributed by atoms with Crippen molar-refractivity contribution >= 4 is 64.0 Å². The largest absolute Gasteiger partial charge is 0.388 e. The lowest BCUT2D eigenvalue weighted by molar-refractivity contribution is 0.0943. The van der Waals surface area contributed by atoms with Crippen LogP contribution >= 0.6 is 0 Å². The van der Waals surface area contributed by atoms with Gasteiger partial charge in [0, 0.05) is 79.2 Å². The molecule has 5 aromatic heterocycles. The van der Waals surface area contributed by atoms with Crippen LogP contribution < -0.4 is 38.1 Å². The van der Waals surface area contributed by atoms with E-state index >= 15 is 0 Å². The topological polar surface area (TPSA) is 263 Å². The lowest BCUT2D eigenvalue weighted by Gasteiger charge is -2.04. The number of aromatic nitrogens is 5. The molecule has 6 amide bonds. The van der Waals surface area contributed by atoms with Gasteiger partial charge in [0.2, 0.25) is 5.91 Å². The van der Waals surface area contributed by atoms with Crippen molar-refractivity contribution in [3.05, 3.63) is 95.3 Å². The van der Waals surface area contributed by atoms with E-state index in [1.807, 2.05) is 0 Å². The second kappa shape index (κ2) is 14.9. The lowest BCUT2D eigenvalue weighted by Crippen LogP contribution is -2.28. The standard InChI is InChI=1S/C34H39N13O6/c1-43-13-18(29(37)48)8-23(43)31(50)39-20-10-25(45(3)15-20)33(52)41-22-12-27(47(5)17-22)34(53)42-21-11-26(46(4)16-21)32(51)40-19-9-24(44(2)14-19)30(49)38-7-6-28(35)36/h8-17H,6-7H2,1-5H3,(H3,35,36)(H2,37,48)(H,38,49)(H,39,50)(H,40,51)(H,41,52)(H,42,53). The smallest absolute Gasteiger partial charge is 0.272 e. The molecule has 0 saturated carbocycles. The molecular weight excluding hydrogens is 686 g/mol. The summed E-state index contributed by atoms with van der Waals surface area (Å²) >= 11 is 0. The van der Waals surface area contributed by atoms with Crippen LogP contribution in [0.5, 0.6) is 0 Å². The number of carbonyl (C=O) groups excluding carboxylic acids is 6. The molecule has 0 saturated heterocycles. The van der Waals surface area contributed by atoms with Gasteiger partial charge in [-0.25, -0.2) is 0 Å². The van der Waals surface area contributed by atoms with Crippen molar-refractivity contribution in [3.8, 4) is 0 Å². The molecule has 0 atom stereocenters. The van der Waals surface area contributed by atoms with E-state index in [1.165, 1.54) is 54.8 Å². The molecule has 19 heteroatoms. The first-order chi connectivity index (χ1) is 25.0. The number of amidine groups is 1. The zero-order valence-electron chi connectivity index (χ0n) is 29.5. The molecule has 0 aliphatic carbocycles. The van der Waals surface area contributed by atoms with Gasteiger partial charge in [-0.3, -0.25) is 34.2 Å². The molecule has 0 unspecified atom stereocenters. The molecule has 0 fully saturated rings. The molecule has 0 aromatic carbocycles. The van der Waals surface area contributed by atoms with Gasteiger partial charge in [-0.15, -0.1) is 0 Å². The van der Waals surface area contributed by atoms with E-state index in [0.717, 1.165) is 0 Å². The minimum atomic E-state index is -0.665. The number of primary amides is 1. The lowest BCUT2D eigenvalue weighted by atomic mass is 10.3. The number of nitrogens with one attached hydrogen (secondary N) is 6. The molecule has 0 aliphatic rings. The van der Waals surface area contributed by atoms with E-state index in [1.54, 1.807) is 64.6 Å². The number of carbonyl (C=O) groups is 6. The van der Waals surface area contributed by atoms with Crippen LogP contribution in [0.3, 0.4) is 0 Å². The first kappa shape index (κ1) is 37.0. The molecule has 5 heterocycles. The van der Waals surface area contributed by atoms with Gasteiger partial charge in [0.25, 0.3) is 29.5 Å². The summed E-state index contributed by atoms with van der Waals surface area (Å²) < 4.78 is 7.61. The summed E-state index contributed by atoms with van der Waals surface area (Å²) in [6.07, 6.45) is 7.92. The predicted molar refractivity (Wildman–Crippen MR) is 196 cm³/mol. The Bertz CT molecular complexity index is 2300. The number of nitrogens with zero attached hydrogens (tertiary/aromatic N) is 5. The highest BCUT2D eigenvalue weighted by Crippen LogP contribution is 2.21. The monoisotopic (exact) mass is 725 g/mol. The Balaban J connectivity index is 1.19. The van der Waals surface area contributed by atoms with Gasteiger partial charge in [-0.1, -0.05) is 0 Å². The van der Waals surface area contributed by atoms with Gasteiger partial charge in [0.15, 0.2) is 0 Å². The van der Waals surface area contributed by atoms with E-state index in [4.69, 9.17) is 16.9 Å². The van der Waals surface area contributed by atoms with Crippen LogP contribution in [0.4, 0.5) is 22.7 Å². The van der Waals surface area contributed by atoms with E-state index in [-0.39, 0.29) is 53.0 Å². The van der Waals surface area contributed by atoms with Crippen molar-refractivity contribution in [2.75, 3.05) is 27.8 Å². The molecule has 276 valence electrons. The second-order valence-corrected chi connectivity index (χ2v) is 12.3. The van der Waals surface area contributed by atoms with Gasteiger partial charge in [-0.05, 0) is 30.3 Å².